The summed E-state index contributed by atoms with van der Waals surface area (Å²) in [5.74, 6) is 2.81. The van der Waals surface area contributed by atoms with E-state index in [1.807, 2.05) is 32.0 Å². The fourth-order valence-corrected chi connectivity index (χ4v) is 4.82. The minimum atomic E-state index is -0.317. The predicted molar refractivity (Wildman–Crippen MR) is 131 cm³/mol. The van der Waals surface area contributed by atoms with Crippen molar-refractivity contribution >= 4 is 28.7 Å². The van der Waals surface area contributed by atoms with E-state index >= 15 is 0 Å². The van der Waals surface area contributed by atoms with Crippen LogP contribution >= 0.6 is 0 Å². The molecule has 1 aliphatic heterocycles. The van der Waals surface area contributed by atoms with E-state index in [9.17, 15) is 9.59 Å². The van der Waals surface area contributed by atoms with Crippen LogP contribution in [0.25, 0.3) is 10.9 Å². The number of hydrogen-bond donors (Lipinski definition) is 1. The second-order valence-electron chi connectivity index (χ2n) is 9.53. The number of nitrogens with zero attached hydrogens (tertiary/aromatic N) is 5. The number of carbonyl (C=O) groups is 2. The van der Waals surface area contributed by atoms with Crippen LogP contribution in [-0.2, 0) is 17.8 Å². The molecule has 184 valence electrons. The quantitative estimate of drug-likeness (QED) is 0.442. The van der Waals surface area contributed by atoms with Crippen molar-refractivity contribution in [2.75, 3.05) is 5.32 Å². The number of rotatable bonds is 4. The van der Waals surface area contributed by atoms with E-state index < -0.39 is 0 Å². The average Bonchev–Trinajstić information content (AvgIpc) is 3.44. The third-order valence-corrected chi connectivity index (χ3v) is 7.01. The normalized spacial score (nSPS) is 17.2. The second kappa shape index (κ2) is 8.47. The molecule has 2 amide bonds. The van der Waals surface area contributed by atoms with Crippen molar-refractivity contribution < 1.29 is 18.8 Å². The summed E-state index contributed by atoms with van der Waals surface area (Å²) in [6, 6.07) is 7.08. The van der Waals surface area contributed by atoms with Crippen LogP contribution in [0.3, 0.4) is 0 Å². The molecule has 0 radical (unpaired) electrons. The summed E-state index contributed by atoms with van der Waals surface area (Å²) in [7, 11) is 0. The molecule has 36 heavy (non-hydrogen) atoms. The Kier molecular flexibility index (Phi) is 5.24. The standard InChI is InChI=1S/C26H26N6O4/c1-14-10-19-20(12-32(14)16(3)33)27-13-28-25(19)35-22-7-6-21-18(15(22)2)8-9-31(21)26(34)29-24-11-23(36-30-24)17-4-5-17/h6-9,11,13-14,17H,4-5,10,12H2,1-3H3,(H,29,30,34). The number of hydrogen-bond acceptors (Lipinski definition) is 7. The van der Waals surface area contributed by atoms with Gasteiger partial charge in [0.25, 0.3) is 0 Å². The number of aryl methyl sites for hydroxylation is 1. The SMILES string of the molecule is CC(=O)N1Cc2ncnc(Oc3ccc4c(ccn4C(=O)Nc4cc(C5CC5)on4)c3C)c2CC1C. The number of carbonyl (C=O) groups excluding carboxylic acids is 2. The van der Waals surface area contributed by atoms with Gasteiger partial charge < -0.3 is 14.2 Å². The number of fused-ring (bicyclic) bond motifs is 2. The number of benzene rings is 1. The fraction of sp³-hybridized carbons (Fsp3) is 0.346. The maximum Gasteiger partial charge on any atom is 0.331 e. The fourth-order valence-electron chi connectivity index (χ4n) is 4.82. The first-order chi connectivity index (χ1) is 17.4. The smallest absolute Gasteiger partial charge is 0.331 e. The summed E-state index contributed by atoms with van der Waals surface area (Å²) in [4.78, 5) is 35.5. The van der Waals surface area contributed by atoms with Gasteiger partial charge in [-0.15, -0.1) is 0 Å². The summed E-state index contributed by atoms with van der Waals surface area (Å²) >= 11 is 0. The summed E-state index contributed by atoms with van der Waals surface area (Å²) in [5.41, 5.74) is 3.35. The van der Waals surface area contributed by atoms with E-state index in [0.717, 1.165) is 46.3 Å². The Hall–Kier alpha value is -4.21. The topological polar surface area (TPSA) is 115 Å². The van der Waals surface area contributed by atoms with Crippen molar-refractivity contribution in [1.29, 1.82) is 0 Å². The zero-order valence-corrected chi connectivity index (χ0v) is 20.3. The minimum absolute atomic E-state index is 0.0241. The minimum Gasteiger partial charge on any atom is -0.438 e. The van der Waals surface area contributed by atoms with Crippen molar-refractivity contribution in [3.8, 4) is 11.6 Å². The largest absolute Gasteiger partial charge is 0.438 e. The number of amides is 2. The Morgan fingerprint density at radius 1 is 1.19 bits per heavy atom. The first-order valence-corrected chi connectivity index (χ1v) is 12.1. The lowest BCUT2D eigenvalue weighted by molar-refractivity contribution is -0.132. The highest BCUT2D eigenvalue weighted by Gasteiger charge is 2.30. The van der Waals surface area contributed by atoms with Gasteiger partial charge in [0.15, 0.2) is 5.82 Å². The monoisotopic (exact) mass is 486 g/mol. The molecule has 1 fully saturated rings. The van der Waals surface area contributed by atoms with Gasteiger partial charge in [-0.2, -0.15) is 0 Å². The molecule has 1 aromatic carbocycles. The number of aromatic nitrogens is 4. The molecule has 1 atom stereocenters. The second-order valence-corrected chi connectivity index (χ2v) is 9.53. The van der Waals surface area contributed by atoms with E-state index in [2.05, 4.69) is 20.4 Å². The van der Waals surface area contributed by atoms with Crippen LogP contribution in [0.15, 0.2) is 41.3 Å². The highest BCUT2D eigenvalue weighted by atomic mass is 16.5. The molecule has 1 aliphatic carbocycles. The Morgan fingerprint density at radius 3 is 2.81 bits per heavy atom. The molecule has 10 heteroatoms. The zero-order chi connectivity index (χ0) is 25.0. The molecule has 4 aromatic rings. The molecular weight excluding hydrogens is 460 g/mol. The van der Waals surface area contributed by atoms with Gasteiger partial charge in [-0.05, 0) is 51.3 Å². The van der Waals surface area contributed by atoms with Crippen LogP contribution in [0.5, 0.6) is 11.6 Å². The van der Waals surface area contributed by atoms with E-state index in [-0.39, 0.29) is 18.0 Å². The molecule has 4 heterocycles. The molecule has 1 N–H and O–H groups in total. The van der Waals surface area contributed by atoms with Gasteiger partial charge >= 0.3 is 6.03 Å². The number of nitrogens with one attached hydrogen (secondary N) is 1. The summed E-state index contributed by atoms with van der Waals surface area (Å²) in [5, 5.41) is 7.66. The van der Waals surface area contributed by atoms with Crippen molar-refractivity contribution in [2.24, 2.45) is 0 Å². The van der Waals surface area contributed by atoms with E-state index in [0.29, 0.717) is 36.3 Å². The van der Waals surface area contributed by atoms with E-state index in [1.165, 1.54) is 6.33 Å². The van der Waals surface area contributed by atoms with Gasteiger partial charge in [-0.1, -0.05) is 5.16 Å². The lowest BCUT2D eigenvalue weighted by Gasteiger charge is -2.33. The van der Waals surface area contributed by atoms with Gasteiger partial charge in [-0.25, -0.2) is 14.8 Å². The molecular formula is C26H26N6O4. The molecule has 10 nitrogen and oxygen atoms in total. The van der Waals surface area contributed by atoms with Gasteiger partial charge in [0, 0.05) is 47.7 Å². The molecule has 0 saturated heterocycles. The van der Waals surface area contributed by atoms with E-state index in [1.54, 1.807) is 28.7 Å². The van der Waals surface area contributed by atoms with Crippen molar-refractivity contribution in [3.05, 3.63) is 59.4 Å². The lowest BCUT2D eigenvalue weighted by Crippen LogP contribution is -2.41. The van der Waals surface area contributed by atoms with Crippen LogP contribution in [-0.4, -0.2) is 42.6 Å². The third kappa shape index (κ3) is 3.88. The molecule has 3 aromatic heterocycles. The third-order valence-electron chi connectivity index (χ3n) is 7.01. The van der Waals surface area contributed by atoms with Crippen LogP contribution < -0.4 is 10.1 Å². The molecule has 1 saturated carbocycles. The van der Waals surface area contributed by atoms with Crippen molar-refractivity contribution in [1.82, 2.24) is 24.6 Å². The molecule has 1 unspecified atom stereocenters. The van der Waals surface area contributed by atoms with Gasteiger partial charge in [-0.3, -0.25) is 14.7 Å². The van der Waals surface area contributed by atoms with Crippen LogP contribution in [0.4, 0.5) is 10.6 Å². The van der Waals surface area contributed by atoms with E-state index in [4.69, 9.17) is 9.26 Å². The average molecular weight is 487 g/mol. The molecule has 2 aliphatic rings. The van der Waals surface area contributed by atoms with Crippen LogP contribution in [0, 0.1) is 6.92 Å². The van der Waals surface area contributed by atoms with Crippen molar-refractivity contribution in [2.45, 2.75) is 58.5 Å². The summed E-state index contributed by atoms with van der Waals surface area (Å²) in [6.45, 7) is 5.97. The highest BCUT2D eigenvalue weighted by molar-refractivity contribution is 5.99. The Labute approximate surface area is 207 Å². The highest BCUT2D eigenvalue weighted by Crippen LogP contribution is 2.41. The van der Waals surface area contributed by atoms with Crippen LogP contribution in [0.1, 0.15) is 55.2 Å². The molecule has 6 rings (SSSR count). The molecule has 0 bridgehead atoms. The van der Waals surface area contributed by atoms with Gasteiger partial charge in [0.2, 0.25) is 11.8 Å². The zero-order valence-electron chi connectivity index (χ0n) is 20.3. The lowest BCUT2D eigenvalue weighted by atomic mass is 9.99. The number of ether oxygens (including phenoxy) is 1. The Morgan fingerprint density at radius 2 is 2.03 bits per heavy atom. The first-order valence-electron chi connectivity index (χ1n) is 12.1. The summed E-state index contributed by atoms with van der Waals surface area (Å²) in [6.07, 6.45) is 6.01. The predicted octanol–water partition coefficient (Wildman–Crippen LogP) is 4.77. The first kappa shape index (κ1) is 22.3. The van der Waals surface area contributed by atoms with Gasteiger partial charge in [0.05, 0.1) is 17.8 Å². The Balaban J connectivity index is 1.25. The maximum absolute atomic E-state index is 12.9. The Bertz CT molecular complexity index is 1500. The van der Waals surface area contributed by atoms with Crippen LogP contribution in [0.2, 0.25) is 0 Å². The summed E-state index contributed by atoms with van der Waals surface area (Å²) < 4.78 is 13.1. The van der Waals surface area contributed by atoms with Crippen molar-refractivity contribution in [3.63, 3.8) is 0 Å². The van der Waals surface area contributed by atoms with Gasteiger partial charge in [0.1, 0.15) is 17.8 Å². The molecule has 0 spiro atoms. The maximum atomic E-state index is 12.9. The number of anilines is 1.